The third kappa shape index (κ3) is 2.28. The van der Waals surface area contributed by atoms with Crippen molar-refractivity contribution in [1.29, 1.82) is 0 Å². The molecule has 20 heavy (non-hydrogen) atoms. The Morgan fingerprint density at radius 1 is 1.10 bits per heavy atom. The van der Waals surface area contributed by atoms with E-state index in [1.54, 1.807) is 0 Å². The summed E-state index contributed by atoms with van der Waals surface area (Å²) in [5, 5.41) is 0. The molecule has 3 aromatic rings. The van der Waals surface area contributed by atoms with Gasteiger partial charge in [-0.3, -0.25) is 4.57 Å². The molecule has 4 heteroatoms. The summed E-state index contributed by atoms with van der Waals surface area (Å²) in [5.74, 6) is 1.41. The van der Waals surface area contributed by atoms with Crippen LogP contribution in [0.1, 0.15) is 25.6 Å². The van der Waals surface area contributed by atoms with Crippen molar-refractivity contribution in [3.8, 4) is 5.69 Å². The maximum atomic E-state index is 5.87. The molecular formula is C16H16IN3. The van der Waals surface area contributed by atoms with Gasteiger partial charge in [0.05, 0.1) is 11.0 Å². The van der Waals surface area contributed by atoms with E-state index in [0.717, 1.165) is 28.2 Å². The first-order chi connectivity index (χ1) is 9.56. The number of hydrogen-bond acceptors (Lipinski definition) is 2. The molecule has 0 aliphatic heterocycles. The van der Waals surface area contributed by atoms with Crippen LogP contribution in [-0.2, 0) is 0 Å². The van der Waals surface area contributed by atoms with Crippen LogP contribution in [-0.4, -0.2) is 9.55 Å². The zero-order valence-electron chi connectivity index (χ0n) is 11.5. The quantitative estimate of drug-likeness (QED) is 0.534. The van der Waals surface area contributed by atoms with Gasteiger partial charge in [-0.15, -0.1) is 0 Å². The second-order valence-electron chi connectivity index (χ2n) is 5.18. The predicted molar refractivity (Wildman–Crippen MR) is 92.3 cm³/mol. The van der Waals surface area contributed by atoms with E-state index in [1.807, 2.05) is 18.2 Å². The number of fused-ring (bicyclic) bond motifs is 1. The molecule has 102 valence electrons. The number of anilines is 1. The fourth-order valence-electron chi connectivity index (χ4n) is 2.36. The number of aromatic nitrogens is 2. The van der Waals surface area contributed by atoms with E-state index in [0.29, 0.717) is 5.92 Å². The maximum Gasteiger partial charge on any atom is 0.117 e. The van der Waals surface area contributed by atoms with E-state index in [9.17, 15) is 0 Å². The van der Waals surface area contributed by atoms with Crippen molar-refractivity contribution in [2.75, 3.05) is 5.73 Å². The standard InChI is InChI=1S/C16H16IN3/c1-10(2)16-19-14-9-12(18)5-8-15(14)20(16)13-6-3-11(17)4-7-13/h3-10H,18H2,1-2H3. The van der Waals surface area contributed by atoms with Crippen LogP contribution in [0.3, 0.4) is 0 Å². The van der Waals surface area contributed by atoms with Crippen molar-refractivity contribution in [2.24, 2.45) is 0 Å². The third-order valence-electron chi connectivity index (χ3n) is 3.31. The molecule has 1 aromatic heterocycles. The Morgan fingerprint density at radius 3 is 2.45 bits per heavy atom. The molecule has 0 bridgehead atoms. The van der Waals surface area contributed by atoms with E-state index < -0.39 is 0 Å². The minimum Gasteiger partial charge on any atom is -0.399 e. The molecule has 3 rings (SSSR count). The lowest BCUT2D eigenvalue weighted by molar-refractivity contribution is 0.760. The number of rotatable bonds is 2. The van der Waals surface area contributed by atoms with E-state index in [4.69, 9.17) is 10.7 Å². The summed E-state index contributed by atoms with van der Waals surface area (Å²) in [6, 6.07) is 14.4. The number of hydrogen-bond donors (Lipinski definition) is 1. The van der Waals surface area contributed by atoms with Gasteiger partial charge < -0.3 is 5.73 Å². The smallest absolute Gasteiger partial charge is 0.117 e. The number of nitrogens with two attached hydrogens (primary N) is 1. The first kappa shape index (κ1) is 13.4. The predicted octanol–water partition coefficient (Wildman–Crippen LogP) is 4.34. The molecule has 0 aliphatic carbocycles. The SMILES string of the molecule is CC(C)c1nc2cc(N)ccc2n1-c1ccc(I)cc1. The molecular weight excluding hydrogens is 361 g/mol. The molecule has 0 saturated heterocycles. The molecule has 0 spiro atoms. The summed E-state index contributed by atoms with van der Waals surface area (Å²) in [4.78, 5) is 4.75. The number of nitrogen functional groups attached to an aromatic ring is 1. The van der Waals surface area contributed by atoms with Crippen LogP contribution in [0.5, 0.6) is 0 Å². The van der Waals surface area contributed by atoms with Gasteiger partial charge in [-0.1, -0.05) is 13.8 Å². The van der Waals surface area contributed by atoms with Gasteiger partial charge in [0.25, 0.3) is 0 Å². The molecule has 0 unspecified atom stereocenters. The molecule has 3 nitrogen and oxygen atoms in total. The highest BCUT2D eigenvalue weighted by atomic mass is 127. The first-order valence-electron chi connectivity index (χ1n) is 6.60. The highest BCUT2D eigenvalue weighted by molar-refractivity contribution is 14.1. The zero-order chi connectivity index (χ0) is 14.3. The fourth-order valence-corrected chi connectivity index (χ4v) is 2.72. The topological polar surface area (TPSA) is 43.8 Å². The van der Waals surface area contributed by atoms with Crippen LogP contribution in [0.25, 0.3) is 16.7 Å². The zero-order valence-corrected chi connectivity index (χ0v) is 13.6. The van der Waals surface area contributed by atoms with Gasteiger partial charge in [-0.2, -0.15) is 0 Å². The lowest BCUT2D eigenvalue weighted by Crippen LogP contribution is -2.02. The Morgan fingerprint density at radius 2 is 1.80 bits per heavy atom. The van der Waals surface area contributed by atoms with Gasteiger partial charge in [-0.05, 0) is 65.1 Å². The average molecular weight is 377 g/mol. The van der Waals surface area contributed by atoms with Gasteiger partial charge in [-0.25, -0.2) is 4.98 Å². The van der Waals surface area contributed by atoms with Crippen molar-refractivity contribution in [1.82, 2.24) is 9.55 Å². The van der Waals surface area contributed by atoms with Crippen molar-refractivity contribution >= 4 is 39.3 Å². The van der Waals surface area contributed by atoms with Crippen LogP contribution >= 0.6 is 22.6 Å². The van der Waals surface area contributed by atoms with Gasteiger partial charge in [0.2, 0.25) is 0 Å². The fraction of sp³-hybridized carbons (Fsp3) is 0.188. The van der Waals surface area contributed by atoms with Crippen LogP contribution < -0.4 is 5.73 Å². The Hall–Kier alpha value is -1.56. The first-order valence-corrected chi connectivity index (χ1v) is 7.68. The molecule has 0 amide bonds. The Balaban J connectivity index is 2.31. The second-order valence-corrected chi connectivity index (χ2v) is 6.43. The van der Waals surface area contributed by atoms with Crippen molar-refractivity contribution < 1.29 is 0 Å². The Kier molecular flexibility index (Phi) is 3.41. The Labute approximate surface area is 132 Å². The third-order valence-corrected chi connectivity index (χ3v) is 4.02. The van der Waals surface area contributed by atoms with Crippen LogP contribution in [0.4, 0.5) is 5.69 Å². The minimum atomic E-state index is 0.350. The van der Waals surface area contributed by atoms with Crippen LogP contribution in [0.15, 0.2) is 42.5 Å². The van der Waals surface area contributed by atoms with E-state index >= 15 is 0 Å². The highest BCUT2D eigenvalue weighted by Gasteiger charge is 2.15. The Bertz CT molecular complexity index is 757. The molecule has 0 fully saturated rings. The summed E-state index contributed by atoms with van der Waals surface area (Å²) in [6.45, 7) is 4.32. The molecule has 0 saturated carbocycles. The van der Waals surface area contributed by atoms with E-state index in [1.165, 1.54) is 3.57 Å². The number of imidazole rings is 1. The van der Waals surface area contributed by atoms with Gasteiger partial charge >= 0.3 is 0 Å². The molecule has 2 N–H and O–H groups in total. The summed E-state index contributed by atoms with van der Waals surface area (Å²) in [6.07, 6.45) is 0. The molecule has 0 radical (unpaired) electrons. The second kappa shape index (κ2) is 5.09. The highest BCUT2D eigenvalue weighted by Crippen LogP contribution is 2.27. The molecule has 2 aromatic carbocycles. The maximum absolute atomic E-state index is 5.87. The normalized spacial score (nSPS) is 11.4. The number of nitrogens with zero attached hydrogens (tertiary/aromatic N) is 2. The van der Waals surface area contributed by atoms with Gasteiger partial charge in [0, 0.05) is 20.9 Å². The lowest BCUT2D eigenvalue weighted by Gasteiger charge is -2.11. The lowest BCUT2D eigenvalue weighted by atomic mass is 10.2. The monoisotopic (exact) mass is 377 g/mol. The van der Waals surface area contributed by atoms with Crippen LogP contribution in [0.2, 0.25) is 0 Å². The van der Waals surface area contributed by atoms with Crippen molar-refractivity contribution in [2.45, 2.75) is 19.8 Å². The summed E-state index contributed by atoms with van der Waals surface area (Å²) in [5.41, 5.74) is 9.81. The van der Waals surface area contributed by atoms with Crippen molar-refractivity contribution in [3.63, 3.8) is 0 Å². The van der Waals surface area contributed by atoms with E-state index in [2.05, 4.69) is 65.3 Å². The van der Waals surface area contributed by atoms with Gasteiger partial charge in [0.1, 0.15) is 5.82 Å². The minimum absolute atomic E-state index is 0.350. The average Bonchev–Trinajstić information content (AvgIpc) is 2.78. The summed E-state index contributed by atoms with van der Waals surface area (Å²) < 4.78 is 3.45. The molecule has 1 heterocycles. The largest absolute Gasteiger partial charge is 0.399 e. The van der Waals surface area contributed by atoms with Gasteiger partial charge in [0.15, 0.2) is 0 Å². The summed E-state index contributed by atoms with van der Waals surface area (Å²) in [7, 11) is 0. The van der Waals surface area contributed by atoms with Crippen LogP contribution in [0, 0.1) is 3.57 Å². The van der Waals surface area contributed by atoms with E-state index in [-0.39, 0.29) is 0 Å². The summed E-state index contributed by atoms with van der Waals surface area (Å²) >= 11 is 2.32. The molecule has 0 aliphatic rings. The number of halogens is 1. The number of benzene rings is 2. The molecule has 0 atom stereocenters. The van der Waals surface area contributed by atoms with Crippen molar-refractivity contribution in [3.05, 3.63) is 51.9 Å².